The lowest BCUT2D eigenvalue weighted by Gasteiger charge is -2.08. The molecular weight excluding hydrogens is 380 g/mol. The monoisotopic (exact) mass is 414 g/mol. The van der Waals surface area contributed by atoms with Crippen LogP contribution in [0.15, 0.2) is 30.3 Å². The molecule has 0 saturated carbocycles. The molecule has 1 saturated heterocycles. The molecule has 0 amide bonds. The minimum atomic E-state index is 0.308. The first-order valence-electron chi connectivity index (χ1n) is 10.2. The van der Waals surface area contributed by atoms with E-state index in [-0.39, 0.29) is 0 Å². The van der Waals surface area contributed by atoms with Gasteiger partial charge in [0.25, 0.3) is 0 Å². The summed E-state index contributed by atoms with van der Waals surface area (Å²) in [5.41, 5.74) is 0. The molecule has 1 aromatic rings. The molecular formula is C21H34O8. The van der Waals surface area contributed by atoms with Crippen molar-refractivity contribution in [3.63, 3.8) is 0 Å². The number of ether oxygens (including phenoxy) is 8. The van der Waals surface area contributed by atoms with Gasteiger partial charge in [0.05, 0.1) is 85.9 Å². The van der Waals surface area contributed by atoms with Crippen LogP contribution < -0.4 is 4.74 Å². The summed E-state index contributed by atoms with van der Waals surface area (Å²) >= 11 is 0. The second-order valence-electron chi connectivity index (χ2n) is 6.25. The SMILES string of the molecule is c1ccc(OCCOCCOCCOCCOCCOCCOCC2CO2)cc1. The minimum absolute atomic E-state index is 0.308. The molecule has 0 spiro atoms. The maximum absolute atomic E-state index is 5.53. The molecule has 0 N–H and O–H groups in total. The number of epoxide rings is 1. The van der Waals surface area contributed by atoms with Crippen LogP contribution in [0.5, 0.6) is 5.75 Å². The largest absolute Gasteiger partial charge is 0.491 e. The van der Waals surface area contributed by atoms with E-state index in [0.717, 1.165) is 12.4 Å². The van der Waals surface area contributed by atoms with Gasteiger partial charge in [-0.05, 0) is 12.1 Å². The number of hydrogen-bond donors (Lipinski definition) is 0. The van der Waals surface area contributed by atoms with Crippen molar-refractivity contribution in [2.45, 2.75) is 6.10 Å². The van der Waals surface area contributed by atoms with Crippen molar-refractivity contribution < 1.29 is 37.9 Å². The Hall–Kier alpha value is -1.26. The van der Waals surface area contributed by atoms with E-state index in [0.29, 0.717) is 92.0 Å². The highest BCUT2D eigenvalue weighted by Crippen LogP contribution is 2.08. The zero-order valence-electron chi connectivity index (χ0n) is 17.1. The van der Waals surface area contributed by atoms with Crippen molar-refractivity contribution in [3.05, 3.63) is 30.3 Å². The highest BCUT2D eigenvalue weighted by Gasteiger charge is 2.21. The Bertz CT molecular complexity index is 469. The van der Waals surface area contributed by atoms with Crippen molar-refractivity contribution in [2.75, 3.05) is 92.5 Å². The maximum Gasteiger partial charge on any atom is 0.119 e. The van der Waals surface area contributed by atoms with E-state index in [1.165, 1.54) is 0 Å². The van der Waals surface area contributed by atoms with Crippen LogP contribution in [0.25, 0.3) is 0 Å². The van der Waals surface area contributed by atoms with Gasteiger partial charge in [0.2, 0.25) is 0 Å². The zero-order chi connectivity index (χ0) is 20.2. The predicted octanol–water partition coefficient (Wildman–Crippen LogP) is 1.56. The van der Waals surface area contributed by atoms with Gasteiger partial charge in [-0.2, -0.15) is 0 Å². The van der Waals surface area contributed by atoms with Gasteiger partial charge in [-0.1, -0.05) is 18.2 Å². The fraction of sp³-hybridized carbons (Fsp3) is 0.714. The van der Waals surface area contributed by atoms with Crippen LogP contribution in [-0.4, -0.2) is 98.6 Å². The topological polar surface area (TPSA) is 77.1 Å². The maximum atomic E-state index is 5.53. The van der Waals surface area contributed by atoms with Crippen LogP contribution in [0.1, 0.15) is 0 Å². The molecule has 0 radical (unpaired) electrons. The molecule has 0 aromatic heterocycles. The van der Waals surface area contributed by atoms with Crippen molar-refractivity contribution in [1.82, 2.24) is 0 Å². The van der Waals surface area contributed by atoms with E-state index >= 15 is 0 Å². The normalized spacial score (nSPS) is 15.5. The quantitative estimate of drug-likeness (QED) is 0.222. The van der Waals surface area contributed by atoms with Crippen molar-refractivity contribution in [3.8, 4) is 5.75 Å². The van der Waals surface area contributed by atoms with Crippen LogP contribution >= 0.6 is 0 Å². The summed E-state index contributed by atoms with van der Waals surface area (Å²) in [4.78, 5) is 0. The highest BCUT2D eigenvalue weighted by atomic mass is 16.6. The molecule has 0 aliphatic carbocycles. The van der Waals surface area contributed by atoms with Gasteiger partial charge < -0.3 is 37.9 Å². The number of benzene rings is 1. The van der Waals surface area contributed by atoms with E-state index in [9.17, 15) is 0 Å². The van der Waals surface area contributed by atoms with E-state index in [1.807, 2.05) is 30.3 Å². The Morgan fingerprint density at radius 1 is 0.586 bits per heavy atom. The lowest BCUT2D eigenvalue weighted by molar-refractivity contribution is -0.0182. The van der Waals surface area contributed by atoms with Crippen LogP contribution in [-0.2, 0) is 33.2 Å². The van der Waals surface area contributed by atoms with E-state index in [1.54, 1.807) is 0 Å². The van der Waals surface area contributed by atoms with Crippen LogP contribution in [0.4, 0.5) is 0 Å². The molecule has 1 aliphatic rings. The molecule has 1 aliphatic heterocycles. The van der Waals surface area contributed by atoms with Gasteiger partial charge in [0.1, 0.15) is 18.5 Å². The lowest BCUT2D eigenvalue weighted by Crippen LogP contribution is -2.15. The van der Waals surface area contributed by atoms with E-state index < -0.39 is 0 Å². The number of hydrogen-bond acceptors (Lipinski definition) is 8. The van der Waals surface area contributed by atoms with Gasteiger partial charge in [-0.15, -0.1) is 0 Å². The third-order valence-corrected chi connectivity index (χ3v) is 3.81. The van der Waals surface area contributed by atoms with Crippen molar-refractivity contribution in [2.24, 2.45) is 0 Å². The number of rotatable bonds is 21. The second-order valence-corrected chi connectivity index (χ2v) is 6.25. The summed E-state index contributed by atoms with van der Waals surface area (Å²) in [7, 11) is 0. The van der Waals surface area contributed by atoms with Gasteiger partial charge in [0.15, 0.2) is 0 Å². The van der Waals surface area contributed by atoms with Gasteiger partial charge in [-0.3, -0.25) is 0 Å². The third kappa shape index (κ3) is 15.3. The molecule has 1 aromatic carbocycles. The van der Waals surface area contributed by atoms with Gasteiger partial charge >= 0.3 is 0 Å². The minimum Gasteiger partial charge on any atom is -0.491 e. The average molecular weight is 414 g/mol. The standard InChI is InChI=1S/C21H34O8/c1-2-4-20(5-3-1)28-17-16-26-13-12-24-9-8-22-6-7-23-10-11-25-14-15-27-18-21-19-29-21/h1-5,21H,6-19H2. The summed E-state index contributed by atoms with van der Waals surface area (Å²) in [6.07, 6.45) is 0.308. The molecule has 2 rings (SSSR count). The molecule has 1 fully saturated rings. The van der Waals surface area contributed by atoms with Gasteiger partial charge in [0, 0.05) is 0 Å². The molecule has 166 valence electrons. The second kappa shape index (κ2) is 17.6. The fourth-order valence-electron chi connectivity index (χ4n) is 2.21. The summed E-state index contributed by atoms with van der Waals surface area (Å²) in [6, 6.07) is 9.69. The fourth-order valence-corrected chi connectivity index (χ4v) is 2.21. The summed E-state index contributed by atoms with van der Waals surface area (Å²) in [5.74, 6) is 0.852. The van der Waals surface area contributed by atoms with Crippen LogP contribution in [0, 0.1) is 0 Å². The smallest absolute Gasteiger partial charge is 0.119 e. The molecule has 8 heteroatoms. The first-order valence-corrected chi connectivity index (χ1v) is 10.2. The Kier molecular flexibility index (Phi) is 14.6. The van der Waals surface area contributed by atoms with Crippen LogP contribution in [0.2, 0.25) is 0 Å². The van der Waals surface area contributed by atoms with Gasteiger partial charge in [-0.25, -0.2) is 0 Å². The Balaban J connectivity index is 1.18. The Morgan fingerprint density at radius 3 is 1.45 bits per heavy atom. The van der Waals surface area contributed by atoms with Crippen molar-refractivity contribution >= 4 is 0 Å². The zero-order valence-corrected chi connectivity index (χ0v) is 17.1. The number of para-hydroxylation sites is 1. The van der Waals surface area contributed by atoms with Crippen molar-refractivity contribution in [1.29, 1.82) is 0 Å². The predicted molar refractivity (Wildman–Crippen MR) is 107 cm³/mol. The molecule has 0 bridgehead atoms. The summed E-state index contributed by atoms with van der Waals surface area (Å²) in [5, 5.41) is 0. The highest BCUT2D eigenvalue weighted by molar-refractivity contribution is 5.20. The van der Waals surface area contributed by atoms with E-state index in [2.05, 4.69) is 0 Å². The third-order valence-electron chi connectivity index (χ3n) is 3.81. The Morgan fingerprint density at radius 2 is 1.00 bits per heavy atom. The first-order chi connectivity index (χ1) is 14.4. The summed E-state index contributed by atoms with van der Waals surface area (Å²) < 4.78 is 43.1. The molecule has 1 heterocycles. The average Bonchev–Trinajstić information content (AvgIpc) is 3.57. The first kappa shape index (κ1) is 24.0. The van der Waals surface area contributed by atoms with Crippen LogP contribution in [0.3, 0.4) is 0 Å². The molecule has 29 heavy (non-hydrogen) atoms. The van der Waals surface area contributed by atoms with E-state index in [4.69, 9.17) is 37.9 Å². The Labute approximate surface area is 173 Å². The molecule has 8 nitrogen and oxygen atoms in total. The molecule has 1 atom stereocenters. The molecule has 1 unspecified atom stereocenters. The summed E-state index contributed by atoms with van der Waals surface area (Å²) in [6.45, 7) is 8.09. The lowest BCUT2D eigenvalue weighted by atomic mass is 10.3.